The highest BCUT2D eigenvalue weighted by molar-refractivity contribution is 5.48. The number of ether oxygens (including phenoxy) is 1. The van der Waals surface area contributed by atoms with E-state index in [0.29, 0.717) is 0 Å². The third-order valence-corrected chi connectivity index (χ3v) is 3.30. The van der Waals surface area contributed by atoms with Crippen LogP contribution in [-0.4, -0.2) is 16.9 Å². The van der Waals surface area contributed by atoms with Crippen LogP contribution in [0.5, 0.6) is 5.75 Å². The number of hydrogen-bond donors (Lipinski definition) is 1. The molecular formula is C14H19N3O. The van der Waals surface area contributed by atoms with E-state index in [2.05, 4.69) is 18.1 Å². The van der Waals surface area contributed by atoms with Crippen LogP contribution in [-0.2, 0) is 7.05 Å². The van der Waals surface area contributed by atoms with Crippen molar-refractivity contribution in [2.75, 3.05) is 7.11 Å². The molecule has 0 saturated carbocycles. The number of rotatable bonds is 3. The molecule has 1 atom stereocenters. The maximum Gasteiger partial charge on any atom is 0.127 e. The molecular weight excluding hydrogens is 226 g/mol. The number of benzene rings is 1. The molecule has 1 aromatic carbocycles. The van der Waals surface area contributed by atoms with Gasteiger partial charge in [-0.3, -0.25) is 4.68 Å². The number of nitrogens with two attached hydrogens (primary N) is 1. The van der Waals surface area contributed by atoms with Crippen molar-refractivity contribution < 1.29 is 4.74 Å². The Labute approximate surface area is 107 Å². The van der Waals surface area contributed by atoms with E-state index in [1.54, 1.807) is 11.8 Å². The first-order chi connectivity index (χ1) is 8.54. The number of hydrogen-bond acceptors (Lipinski definition) is 3. The van der Waals surface area contributed by atoms with Gasteiger partial charge >= 0.3 is 0 Å². The summed E-state index contributed by atoms with van der Waals surface area (Å²) in [6.45, 7) is 4.11. The Morgan fingerprint density at radius 2 is 2.00 bits per heavy atom. The number of methoxy groups -OCH3 is 1. The Kier molecular flexibility index (Phi) is 3.39. The molecule has 1 heterocycles. The molecule has 0 amide bonds. The zero-order chi connectivity index (χ0) is 13.3. The van der Waals surface area contributed by atoms with Gasteiger partial charge in [0.05, 0.1) is 18.8 Å². The highest BCUT2D eigenvalue weighted by atomic mass is 16.5. The molecule has 4 heteroatoms. The monoisotopic (exact) mass is 245 g/mol. The van der Waals surface area contributed by atoms with Crippen molar-refractivity contribution in [3.05, 3.63) is 46.8 Å². The normalized spacial score (nSPS) is 12.5. The van der Waals surface area contributed by atoms with Gasteiger partial charge in [0.25, 0.3) is 0 Å². The van der Waals surface area contributed by atoms with E-state index in [4.69, 9.17) is 10.5 Å². The molecule has 18 heavy (non-hydrogen) atoms. The Morgan fingerprint density at radius 3 is 2.56 bits per heavy atom. The third-order valence-electron chi connectivity index (χ3n) is 3.30. The van der Waals surface area contributed by atoms with Gasteiger partial charge in [-0.15, -0.1) is 0 Å². The minimum Gasteiger partial charge on any atom is -0.496 e. The Balaban J connectivity index is 2.48. The van der Waals surface area contributed by atoms with Gasteiger partial charge in [-0.2, -0.15) is 5.10 Å². The lowest BCUT2D eigenvalue weighted by atomic mass is 9.98. The van der Waals surface area contributed by atoms with Crippen LogP contribution in [0.2, 0.25) is 0 Å². The molecule has 96 valence electrons. The van der Waals surface area contributed by atoms with E-state index in [9.17, 15) is 0 Å². The third kappa shape index (κ3) is 2.11. The van der Waals surface area contributed by atoms with Crippen molar-refractivity contribution in [2.45, 2.75) is 19.9 Å². The largest absolute Gasteiger partial charge is 0.496 e. The van der Waals surface area contributed by atoms with Gasteiger partial charge in [0.15, 0.2) is 0 Å². The lowest BCUT2D eigenvalue weighted by molar-refractivity contribution is 0.404. The van der Waals surface area contributed by atoms with E-state index in [1.165, 1.54) is 5.56 Å². The minimum atomic E-state index is -0.263. The fraction of sp³-hybridized carbons (Fsp3) is 0.357. The van der Waals surface area contributed by atoms with Crippen LogP contribution in [0.4, 0.5) is 0 Å². The topological polar surface area (TPSA) is 53.1 Å². The lowest BCUT2D eigenvalue weighted by Crippen LogP contribution is -2.15. The zero-order valence-electron chi connectivity index (χ0n) is 11.3. The van der Waals surface area contributed by atoms with Crippen LogP contribution >= 0.6 is 0 Å². The molecule has 0 aliphatic carbocycles. The van der Waals surface area contributed by atoms with E-state index >= 15 is 0 Å². The molecule has 0 radical (unpaired) electrons. The van der Waals surface area contributed by atoms with Crippen LogP contribution in [0.3, 0.4) is 0 Å². The van der Waals surface area contributed by atoms with Gasteiger partial charge in [0, 0.05) is 18.8 Å². The summed E-state index contributed by atoms with van der Waals surface area (Å²) in [6, 6.07) is 5.75. The fourth-order valence-electron chi connectivity index (χ4n) is 2.09. The van der Waals surface area contributed by atoms with Gasteiger partial charge in [0.1, 0.15) is 5.75 Å². The lowest BCUT2D eigenvalue weighted by Gasteiger charge is -2.17. The number of nitrogens with zero attached hydrogens (tertiary/aromatic N) is 2. The first-order valence-corrected chi connectivity index (χ1v) is 5.93. The van der Waals surface area contributed by atoms with Gasteiger partial charge in [-0.05, 0) is 31.0 Å². The molecule has 0 saturated heterocycles. The van der Waals surface area contributed by atoms with Gasteiger partial charge < -0.3 is 10.5 Å². The summed E-state index contributed by atoms with van der Waals surface area (Å²) in [7, 11) is 3.56. The van der Waals surface area contributed by atoms with Gasteiger partial charge in [-0.25, -0.2) is 0 Å². The second kappa shape index (κ2) is 4.82. The SMILES string of the molecule is COc1c(C(N)c2ccn(C)n2)ccc(C)c1C. The predicted octanol–water partition coefficient (Wildman–Crippen LogP) is 2.09. The summed E-state index contributed by atoms with van der Waals surface area (Å²) >= 11 is 0. The summed E-state index contributed by atoms with van der Waals surface area (Å²) in [6.07, 6.45) is 1.89. The summed E-state index contributed by atoms with van der Waals surface area (Å²) in [4.78, 5) is 0. The number of aromatic nitrogens is 2. The smallest absolute Gasteiger partial charge is 0.127 e. The van der Waals surface area contributed by atoms with E-state index in [-0.39, 0.29) is 6.04 Å². The van der Waals surface area contributed by atoms with Gasteiger partial charge in [0.2, 0.25) is 0 Å². The second-order valence-electron chi connectivity index (χ2n) is 4.52. The highest BCUT2D eigenvalue weighted by Gasteiger charge is 2.18. The van der Waals surface area contributed by atoms with Crippen LogP contribution in [0, 0.1) is 13.8 Å². The molecule has 4 nitrogen and oxygen atoms in total. The molecule has 1 unspecified atom stereocenters. The van der Waals surface area contributed by atoms with Crippen molar-refractivity contribution in [2.24, 2.45) is 12.8 Å². The fourth-order valence-corrected chi connectivity index (χ4v) is 2.09. The average molecular weight is 245 g/mol. The maximum atomic E-state index is 6.27. The van der Waals surface area contributed by atoms with Crippen LogP contribution in [0.15, 0.2) is 24.4 Å². The maximum absolute atomic E-state index is 6.27. The Morgan fingerprint density at radius 1 is 1.28 bits per heavy atom. The molecule has 1 aromatic heterocycles. The van der Waals surface area contributed by atoms with E-state index in [1.807, 2.05) is 32.3 Å². The standard InChI is InChI=1S/C14H19N3O/c1-9-5-6-11(14(18-4)10(9)2)13(15)12-7-8-17(3)16-12/h5-8,13H,15H2,1-4H3. The van der Waals surface area contributed by atoms with E-state index in [0.717, 1.165) is 22.6 Å². The first-order valence-electron chi connectivity index (χ1n) is 5.93. The molecule has 0 aliphatic heterocycles. The zero-order valence-corrected chi connectivity index (χ0v) is 11.3. The van der Waals surface area contributed by atoms with Crippen molar-refractivity contribution in [1.29, 1.82) is 0 Å². The van der Waals surface area contributed by atoms with Crippen LogP contribution < -0.4 is 10.5 Å². The summed E-state index contributed by atoms with van der Waals surface area (Å²) in [5.41, 5.74) is 10.4. The molecule has 2 rings (SSSR count). The van der Waals surface area contributed by atoms with E-state index < -0.39 is 0 Å². The minimum absolute atomic E-state index is 0.263. The Hall–Kier alpha value is -1.81. The summed E-state index contributed by atoms with van der Waals surface area (Å²) < 4.78 is 7.24. The predicted molar refractivity (Wildman–Crippen MR) is 71.7 cm³/mol. The van der Waals surface area contributed by atoms with Crippen molar-refractivity contribution in [1.82, 2.24) is 9.78 Å². The van der Waals surface area contributed by atoms with Crippen molar-refractivity contribution >= 4 is 0 Å². The molecule has 0 fully saturated rings. The molecule has 0 spiro atoms. The van der Waals surface area contributed by atoms with Crippen molar-refractivity contribution in [3.63, 3.8) is 0 Å². The first kappa shape index (κ1) is 12.6. The summed E-state index contributed by atoms with van der Waals surface area (Å²) in [5, 5.41) is 4.35. The summed E-state index contributed by atoms with van der Waals surface area (Å²) in [5.74, 6) is 0.855. The quantitative estimate of drug-likeness (QED) is 0.901. The van der Waals surface area contributed by atoms with Crippen LogP contribution in [0.25, 0.3) is 0 Å². The molecule has 0 bridgehead atoms. The van der Waals surface area contributed by atoms with Crippen molar-refractivity contribution in [3.8, 4) is 5.75 Å². The second-order valence-corrected chi connectivity index (χ2v) is 4.52. The molecule has 2 aromatic rings. The van der Waals surface area contributed by atoms with Gasteiger partial charge in [-0.1, -0.05) is 12.1 Å². The Bertz CT molecular complexity index is 560. The highest BCUT2D eigenvalue weighted by Crippen LogP contribution is 2.32. The molecule has 2 N–H and O–H groups in total. The number of aryl methyl sites for hydroxylation is 2. The molecule has 0 aliphatic rings. The average Bonchev–Trinajstić information content (AvgIpc) is 2.78. The van der Waals surface area contributed by atoms with Crippen LogP contribution in [0.1, 0.15) is 28.4 Å².